The minimum absolute atomic E-state index is 0.257. The van der Waals surface area contributed by atoms with Gasteiger partial charge in [-0.3, -0.25) is 0 Å². The molecule has 1 heterocycles. The van der Waals surface area contributed by atoms with E-state index in [4.69, 9.17) is 9.84 Å². The van der Waals surface area contributed by atoms with E-state index in [2.05, 4.69) is 0 Å². The maximum Gasteiger partial charge on any atom is 0.129 e. The van der Waals surface area contributed by atoms with Crippen LogP contribution in [0.4, 0.5) is 0 Å². The molecule has 0 saturated carbocycles. The monoisotopic (exact) mass is 172 g/mol. The second-order valence-electron chi connectivity index (χ2n) is 2.24. The molecular formula is C8H12O2S. The number of hydrogen-bond acceptors (Lipinski definition) is 3. The fourth-order valence-electron chi connectivity index (χ4n) is 0.738. The van der Waals surface area contributed by atoms with Gasteiger partial charge in [-0.05, 0) is 24.3 Å². The first-order valence-electron chi connectivity index (χ1n) is 3.69. The fraction of sp³-hybridized carbons (Fsp3) is 0.500. The Morgan fingerprint density at radius 1 is 1.45 bits per heavy atom. The van der Waals surface area contributed by atoms with Crippen molar-refractivity contribution in [3.05, 3.63) is 16.8 Å². The van der Waals surface area contributed by atoms with Gasteiger partial charge in [-0.1, -0.05) is 0 Å². The van der Waals surface area contributed by atoms with Crippen molar-refractivity contribution in [2.75, 3.05) is 13.2 Å². The van der Waals surface area contributed by atoms with Gasteiger partial charge in [0.2, 0.25) is 0 Å². The zero-order valence-corrected chi connectivity index (χ0v) is 7.14. The van der Waals surface area contributed by atoms with Crippen molar-refractivity contribution in [3.63, 3.8) is 0 Å². The summed E-state index contributed by atoms with van der Waals surface area (Å²) in [7, 11) is 0. The molecule has 0 amide bonds. The minimum Gasteiger partial charge on any atom is -0.493 e. The zero-order chi connectivity index (χ0) is 7.94. The number of aliphatic hydroxyl groups excluding tert-OH is 1. The van der Waals surface area contributed by atoms with Crippen molar-refractivity contribution in [1.29, 1.82) is 0 Å². The highest BCUT2D eigenvalue weighted by molar-refractivity contribution is 7.08. The molecule has 3 heteroatoms. The highest BCUT2D eigenvalue weighted by Gasteiger charge is 1.91. The maximum absolute atomic E-state index is 8.47. The first-order valence-corrected chi connectivity index (χ1v) is 4.63. The average molecular weight is 172 g/mol. The zero-order valence-electron chi connectivity index (χ0n) is 6.32. The predicted octanol–water partition coefficient (Wildman–Crippen LogP) is 1.90. The van der Waals surface area contributed by atoms with Crippen molar-refractivity contribution >= 4 is 11.3 Å². The number of rotatable bonds is 5. The summed E-state index contributed by atoms with van der Waals surface area (Å²) in [6.07, 6.45) is 1.75. The molecular weight excluding hydrogens is 160 g/mol. The topological polar surface area (TPSA) is 29.5 Å². The number of unbranched alkanes of at least 4 members (excludes halogenated alkanes) is 1. The Morgan fingerprint density at radius 3 is 3.00 bits per heavy atom. The third-order valence-corrected chi connectivity index (χ3v) is 1.98. The Labute approximate surface area is 70.4 Å². The van der Waals surface area contributed by atoms with E-state index in [0.717, 1.165) is 18.6 Å². The van der Waals surface area contributed by atoms with Gasteiger partial charge in [0, 0.05) is 12.0 Å². The molecule has 1 aromatic rings. The van der Waals surface area contributed by atoms with E-state index in [0.29, 0.717) is 6.61 Å². The van der Waals surface area contributed by atoms with Crippen molar-refractivity contribution in [2.24, 2.45) is 0 Å². The van der Waals surface area contributed by atoms with E-state index in [-0.39, 0.29) is 6.61 Å². The van der Waals surface area contributed by atoms with Gasteiger partial charge in [0.15, 0.2) is 0 Å². The SMILES string of the molecule is OCCCCOc1ccsc1. The van der Waals surface area contributed by atoms with E-state index in [1.54, 1.807) is 11.3 Å². The molecule has 1 aromatic heterocycles. The lowest BCUT2D eigenvalue weighted by Crippen LogP contribution is -1.97. The lowest BCUT2D eigenvalue weighted by atomic mass is 10.3. The van der Waals surface area contributed by atoms with E-state index < -0.39 is 0 Å². The van der Waals surface area contributed by atoms with Gasteiger partial charge in [-0.25, -0.2) is 0 Å². The van der Waals surface area contributed by atoms with Crippen LogP contribution in [-0.4, -0.2) is 18.3 Å². The first kappa shape index (κ1) is 8.56. The Balaban J connectivity index is 2.04. The second-order valence-corrected chi connectivity index (χ2v) is 3.02. The second kappa shape index (κ2) is 5.16. The van der Waals surface area contributed by atoms with Gasteiger partial charge < -0.3 is 9.84 Å². The van der Waals surface area contributed by atoms with E-state index >= 15 is 0 Å². The molecule has 11 heavy (non-hydrogen) atoms. The van der Waals surface area contributed by atoms with Crippen LogP contribution in [-0.2, 0) is 0 Å². The van der Waals surface area contributed by atoms with E-state index in [1.807, 2.05) is 16.8 Å². The molecule has 1 N–H and O–H groups in total. The maximum atomic E-state index is 8.47. The van der Waals surface area contributed by atoms with Crippen LogP contribution in [0.3, 0.4) is 0 Å². The average Bonchev–Trinajstić information content (AvgIpc) is 2.50. The predicted molar refractivity (Wildman–Crippen MR) is 46.1 cm³/mol. The Kier molecular flexibility index (Phi) is 4.01. The van der Waals surface area contributed by atoms with Crippen molar-refractivity contribution in [3.8, 4) is 5.75 Å². The van der Waals surface area contributed by atoms with Crippen molar-refractivity contribution in [2.45, 2.75) is 12.8 Å². The molecule has 0 aliphatic carbocycles. The lowest BCUT2D eigenvalue weighted by molar-refractivity contribution is 0.253. The van der Waals surface area contributed by atoms with Gasteiger partial charge >= 0.3 is 0 Å². The summed E-state index contributed by atoms with van der Waals surface area (Å²) in [5, 5.41) is 12.4. The number of hydrogen-bond donors (Lipinski definition) is 1. The molecule has 0 fully saturated rings. The number of thiophene rings is 1. The molecule has 0 aliphatic rings. The Hall–Kier alpha value is -0.540. The molecule has 1 rings (SSSR count). The van der Waals surface area contributed by atoms with Gasteiger partial charge in [0.1, 0.15) is 5.75 Å². The first-order chi connectivity index (χ1) is 5.43. The van der Waals surface area contributed by atoms with E-state index in [1.165, 1.54) is 0 Å². The van der Waals surface area contributed by atoms with Gasteiger partial charge in [-0.2, -0.15) is 0 Å². The third kappa shape index (κ3) is 3.39. The van der Waals surface area contributed by atoms with Gasteiger partial charge in [0.05, 0.1) is 6.61 Å². The standard InChI is InChI=1S/C8H12O2S/c9-4-1-2-5-10-8-3-6-11-7-8/h3,6-7,9H,1-2,4-5H2. The summed E-state index contributed by atoms with van der Waals surface area (Å²) in [5.41, 5.74) is 0. The molecule has 0 unspecified atom stereocenters. The van der Waals surface area contributed by atoms with Gasteiger partial charge in [-0.15, -0.1) is 11.3 Å². The molecule has 0 spiro atoms. The van der Waals surface area contributed by atoms with Crippen LogP contribution < -0.4 is 4.74 Å². The Morgan fingerprint density at radius 2 is 2.36 bits per heavy atom. The van der Waals surface area contributed by atoms with Crippen LogP contribution in [0.1, 0.15) is 12.8 Å². The lowest BCUT2D eigenvalue weighted by Gasteiger charge is -2.00. The van der Waals surface area contributed by atoms with Crippen LogP contribution in [0.15, 0.2) is 16.8 Å². The van der Waals surface area contributed by atoms with Gasteiger partial charge in [0.25, 0.3) is 0 Å². The highest BCUT2D eigenvalue weighted by Crippen LogP contribution is 2.14. The van der Waals surface area contributed by atoms with Crippen LogP contribution >= 0.6 is 11.3 Å². The normalized spacial score (nSPS) is 9.91. The van der Waals surface area contributed by atoms with Crippen LogP contribution in [0.25, 0.3) is 0 Å². The molecule has 0 bridgehead atoms. The van der Waals surface area contributed by atoms with Crippen molar-refractivity contribution in [1.82, 2.24) is 0 Å². The molecule has 0 aromatic carbocycles. The van der Waals surface area contributed by atoms with Crippen molar-refractivity contribution < 1.29 is 9.84 Å². The molecule has 0 saturated heterocycles. The quantitative estimate of drug-likeness (QED) is 0.687. The van der Waals surface area contributed by atoms with Crippen LogP contribution in [0.2, 0.25) is 0 Å². The van der Waals surface area contributed by atoms with Crippen LogP contribution in [0, 0.1) is 0 Å². The number of ether oxygens (including phenoxy) is 1. The molecule has 0 aliphatic heterocycles. The summed E-state index contributed by atoms with van der Waals surface area (Å²) in [6.45, 7) is 0.963. The molecule has 62 valence electrons. The smallest absolute Gasteiger partial charge is 0.129 e. The van der Waals surface area contributed by atoms with Crippen LogP contribution in [0.5, 0.6) is 5.75 Å². The Bertz CT molecular complexity index is 172. The largest absolute Gasteiger partial charge is 0.493 e. The summed E-state index contributed by atoms with van der Waals surface area (Å²) in [6, 6.07) is 1.95. The summed E-state index contributed by atoms with van der Waals surface area (Å²) in [5.74, 6) is 0.938. The van der Waals surface area contributed by atoms with E-state index in [9.17, 15) is 0 Å². The molecule has 2 nitrogen and oxygen atoms in total. The summed E-state index contributed by atoms with van der Waals surface area (Å²) < 4.78 is 5.35. The number of aliphatic hydroxyl groups is 1. The summed E-state index contributed by atoms with van der Waals surface area (Å²) >= 11 is 1.63. The molecule has 0 atom stereocenters. The highest BCUT2D eigenvalue weighted by atomic mass is 32.1. The minimum atomic E-state index is 0.257. The third-order valence-electron chi connectivity index (χ3n) is 1.32. The fourth-order valence-corrected chi connectivity index (χ4v) is 1.31. The molecule has 0 radical (unpaired) electrons. The summed E-state index contributed by atoms with van der Waals surface area (Å²) in [4.78, 5) is 0.